The molecule has 3 aromatic carbocycles. The number of hydrogen-bond acceptors (Lipinski definition) is 4. The van der Waals surface area contributed by atoms with E-state index >= 15 is 0 Å². The average molecular weight is 507 g/mol. The van der Waals surface area contributed by atoms with Crippen LogP contribution in [-0.2, 0) is 17.8 Å². The third kappa shape index (κ3) is 4.57. The predicted octanol–water partition coefficient (Wildman–Crippen LogP) is 4.21. The summed E-state index contributed by atoms with van der Waals surface area (Å²) < 4.78 is 16.2. The third-order valence-electron chi connectivity index (χ3n) is 6.29. The molecule has 0 saturated heterocycles. The van der Waals surface area contributed by atoms with Crippen molar-refractivity contribution >= 4 is 39.9 Å². The Balaban J connectivity index is 1.66. The first-order valence-electron chi connectivity index (χ1n) is 11.6. The lowest BCUT2D eigenvalue weighted by molar-refractivity contribution is -0.117. The quantitative estimate of drug-likeness (QED) is 0.365. The molecular formula is C27H24ClFN4O3. The van der Waals surface area contributed by atoms with Gasteiger partial charge in [0.05, 0.1) is 22.4 Å². The fourth-order valence-corrected chi connectivity index (χ4v) is 4.64. The van der Waals surface area contributed by atoms with E-state index in [2.05, 4.69) is 10.3 Å². The number of aliphatic hydroxyl groups is 1. The van der Waals surface area contributed by atoms with Gasteiger partial charge in [0, 0.05) is 35.7 Å². The van der Waals surface area contributed by atoms with Crippen LogP contribution in [0.5, 0.6) is 0 Å². The van der Waals surface area contributed by atoms with Crippen LogP contribution in [0.3, 0.4) is 0 Å². The minimum Gasteiger partial charge on any atom is -0.396 e. The van der Waals surface area contributed by atoms with Crippen LogP contribution in [0.4, 0.5) is 10.1 Å². The molecule has 2 heterocycles. The predicted molar refractivity (Wildman–Crippen MR) is 139 cm³/mol. The number of H-pyrrole nitrogens is 1. The number of aromatic nitrogens is 2. The Hall–Kier alpha value is -3.75. The van der Waals surface area contributed by atoms with Crippen LogP contribution in [0, 0.1) is 12.7 Å². The molecule has 0 bridgehead atoms. The molecule has 184 valence electrons. The number of fused-ring (bicyclic) bond motifs is 2. The SMILES string of the molecule is Cc1ccc(CC2N=C(c3ccc4[nH]c(=O)n(CCCO)c4c3)c3cc(Cl)ccc3NC2=O)c(F)c1. The van der Waals surface area contributed by atoms with Crippen molar-refractivity contribution in [3.63, 3.8) is 0 Å². The Bertz CT molecular complexity index is 1570. The number of carbonyl (C=O) groups excluding carboxylic acids is 1. The molecule has 0 aliphatic carbocycles. The number of aryl methyl sites for hydroxylation is 2. The summed E-state index contributed by atoms with van der Waals surface area (Å²) in [5, 5.41) is 12.6. The standard InChI is InChI=1S/C27H24ClFN4O3/c1-15-3-4-16(20(29)11-15)12-23-26(35)31-21-8-6-18(28)14-19(21)25(30-23)17-5-7-22-24(13-17)33(9-2-10-34)27(36)32-22/h3-8,11,13-14,23,34H,2,9-10,12H2,1H3,(H,31,35)(H,32,36). The molecule has 4 aromatic rings. The maximum absolute atomic E-state index is 14.6. The van der Waals surface area contributed by atoms with Crippen LogP contribution in [0.2, 0.25) is 5.02 Å². The normalized spacial score (nSPS) is 15.4. The topological polar surface area (TPSA) is 99.5 Å². The Morgan fingerprint density at radius 2 is 1.94 bits per heavy atom. The zero-order valence-corrected chi connectivity index (χ0v) is 20.3. The number of hydrogen-bond donors (Lipinski definition) is 3. The second kappa shape index (κ2) is 9.72. The Kier molecular flexibility index (Phi) is 6.47. The zero-order chi connectivity index (χ0) is 25.4. The van der Waals surface area contributed by atoms with Crippen LogP contribution in [0.25, 0.3) is 11.0 Å². The van der Waals surface area contributed by atoms with Crippen molar-refractivity contribution < 1.29 is 14.3 Å². The summed E-state index contributed by atoms with van der Waals surface area (Å²) in [7, 11) is 0. The van der Waals surface area contributed by atoms with E-state index in [0.29, 0.717) is 57.1 Å². The number of benzene rings is 3. The van der Waals surface area contributed by atoms with Gasteiger partial charge < -0.3 is 15.4 Å². The highest BCUT2D eigenvalue weighted by Crippen LogP contribution is 2.29. The first-order chi connectivity index (χ1) is 17.3. The molecule has 1 aromatic heterocycles. The Morgan fingerprint density at radius 3 is 2.72 bits per heavy atom. The second-order valence-electron chi connectivity index (χ2n) is 8.86. The van der Waals surface area contributed by atoms with E-state index in [1.807, 2.05) is 12.1 Å². The van der Waals surface area contributed by atoms with E-state index < -0.39 is 6.04 Å². The highest BCUT2D eigenvalue weighted by atomic mass is 35.5. The fourth-order valence-electron chi connectivity index (χ4n) is 4.47. The summed E-state index contributed by atoms with van der Waals surface area (Å²) in [4.78, 5) is 33.3. The summed E-state index contributed by atoms with van der Waals surface area (Å²) >= 11 is 6.31. The summed E-state index contributed by atoms with van der Waals surface area (Å²) in [6.07, 6.45) is 0.510. The molecule has 0 fully saturated rings. The summed E-state index contributed by atoms with van der Waals surface area (Å²) in [5.74, 6) is -0.734. The highest BCUT2D eigenvalue weighted by Gasteiger charge is 2.27. The number of aliphatic hydroxyl groups excluding tert-OH is 1. The first-order valence-corrected chi connectivity index (χ1v) is 12.0. The van der Waals surface area contributed by atoms with Gasteiger partial charge in [-0.15, -0.1) is 0 Å². The van der Waals surface area contributed by atoms with Crippen LogP contribution in [-0.4, -0.2) is 38.9 Å². The van der Waals surface area contributed by atoms with Gasteiger partial charge in [-0.1, -0.05) is 29.8 Å². The zero-order valence-electron chi connectivity index (χ0n) is 19.5. The number of nitrogens with one attached hydrogen (secondary N) is 2. The number of imidazole rings is 1. The molecule has 1 aliphatic heterocycles. The monoisotopic (exact) mass is 506 g/mol. The highest BCUT2D eigenvalue weighted by molar-refractivity contribution is 6.32. The molecule has 0 spiro atoms. The largest absolute Gasteiger partial charge is 0.396 e. The molecule has 36 heavy (non-hydrogen) atoms. The van der Waals surface area contributed by atoms with Crippen LogP contribution >= 0.6 is 11.6 Å². The number of benzodiazepines with no additional fused rings is 1. The van der Waals surface area contributed by atoms with Crippen molar-refractivity contribution in [2.24, 2.45) is 4.99 Å². The van der Waals surface area contributed by atoms with E-state index in [9.17, 15) is 19.1 Å². The van der Waals surface area contributed by atoms with E-state index in [0.717, 1.165) is 5.56 Å². The summed E-state index contributed by atoms with van der Waals surface area (Å²) in [5.41, 5.74) is 4.57. The molecule has 9 heteroatoms. The van der Waals surface area contributed by atoms with Gasteiger partial charge in [0.15, 0.2) is 0 Å². The summed E-state index contributed by atoms with van der Waals surface area (Å²) in [6.45, 7) is 2.12. The van der Waals surface area contributed by atoms with E-state index in [-0.39, 0.29) is 30.4 Å². The van der Waals surface area contributed by atoms with Gasteiger partial charge in [0.1, 0.15) is 11.9 Å². The van der Waals surface area contributed by atoms with Crippen molar-refractivity contribution in [3.05, 3.63) is 98.2 Å². The molecule has 0 radical (unpaired) electrons. The third-order valence-corrected chi connectivity index (χ3v) is 6.53. The average Bonchev–Trinajstić information content (AvgIpc) is 3.09. The van der Waals surface area contributed by atoms with Crippen LogP contribution < -0.4 is 11.0 Å². The lowest BCUT2D eigenvalue weighted by Crippen LogP contribution is -2.28. The number of anilines is 1. The van der Waals surface area contributed by atoms with Crippen molar-refractivity contribution in [1.29, 1.82) is 0 Å². The lowest BCUT2D eigenvalue weighted by atomic mass is 9.99. The molecule has 1 atom stereocenters. The number of nitrogens with zero attached hydrogens (tertiary/aromatic N) is 2. The van der Waals surface area contributed by atoms with Crippen LogP contribution in [0.1, 0.15) is 28.7 Å². The molecule has 1 aliphatic rings. The van der Waals surface area contributed by atoms with Gasteiger partial charge in [-0.2, -0.15) is 0 Å². The molecule has 1 unspecified atom stereocenters. The van der Waals surface area contributed by atoms with Gasteiger partial charge in [-0.3, -0.25) is 14.4 Å². The van der Waals surface area contributed by atoms with E-state index in [4.69, 9.17) is 16.6 Å². The summed E-state index contributed by atoms with van der Waals surface area (Å²) in [6, 6.07) is 14.6. The number of aromatic amines is 1. The Labute approximate surface area is 211 Å². The molecule has 3 N–H and O–H groups in total. The lowest BCUT2D eigenvalue weighted by Gasteiger charge is -2.13. The first kappa shape index (κ1) is 24.0. The maximum Gasteiger partial charge on any atom is 0.326 e. The van der Waals surface area contributed by atoms with Gasteiger partial charge >= 0.3 is 5.69 Å². The molecule has 5 rings (SSSR count). The second-order valence-corrected chi connectivity index (χ2v) is 9.30. The Morgan fingerprint density at radius 1 is 1.11 bits per heavy atom. The van der Waals surface area contributed by atoms with Gasteiger partial charge in [0.25, 0.3) is 0 Å². The van der Waals surface area contributed by atoms with E-state index in [1.165, 1.54) is 6.07 Å². The van der Waals surface area contributed by atoms with Gasteiger partial charge in [0.2, 0.25) is 5.91 Å². The number of amides is 1. The smallest absolute Gasteiger partial charge is 0.326 e. The number of carbonyl (C=O) groups is 1. The number of aliphatic imine (C=N–C) groups is 1. The number of rotatable bonds is 6. The minimum absolute atomic E-state index is 0.0393. The van der Waals surface area contributed by atoms with E-state index in [1.54, 1.807) is 47.9 Å². The van der Waals surface area contributed by atoms with Crippen molar-refractivity contribution in [2.75, 3.05) is 11.9 Å². The van der Waals surface area contributed by atoms with Gasteiger partial charge in [-0.25, -0.2) is 9.18 Å². The van der Waals surface area contributed by atoms with Crippen molar-refractivity contribution in [3.8, 4) is 0 Å². The van der Waals surface area contributed by atoms with Crippen molar-refractivity contribution in [2.45, 2.75) is 32.4 Å². The minimum atomic E-state index is -0.887. The van der Waals surface area contributed by atoms with Crippen LogP contribution in [0.15, 0.2) is 64.4 Å². The molecule has 1 amide bonds. The van der Waals surface area contributed by atoms with Crippen molar-refractivity contribution in [1.82, 2.24) is 9.55 Å². The fraction of sp³-hybridized carbons (Fsp3) is 0.222. The number of halogens is 2. The molecular weight excluding hydrogens is 483 g/mol. The molecule has 0 saturated carbocycles. The molecule has 7 nitrogen and oxygen atoms in total. The van der Waals surface area contributed by atoms with Gasteiger partial charge in [-0.05, 0) is 60.9 Å². The maximum atomic E-state index is 14.6.